The van der Waals surface area contributed by atoms with Gasteiger partial charge >= 0.3 is 0 Å². The van der Waals surface area contributed by atoms with E-state index in [0.29, 0.717) is 11.5 Å². The molecular formula is C13H19NO3S. The van der Waals surface area contributed by atoms with Gasteiger partial charge in [0.15, 0.2) is 9.84 Å². The van der Waals surface area contributed by atoms with E-state index in [0.717, 1.165) is 24.2 Å². The molecule has 0 radical (unpaired) electrons. The molecule has 0 aromatic heterocycles. The van der Waals surface area contributed by atoms with Gasteiger partial charge in [-0.1, -0.05) is 0 Å². The van der Waals surface area contributed by atoms with Crippen LogP contribution >= 0.6 is 0 Å². The molecule has 18 heavy (non-hydrogen) atoms. The second kappa shape index (κ2) is 4.55. The van der Waals surface area contributed by atoms with Crippen molar-refractivity contribution in [2.24, 2.45) is 5.73 Å². The maximum atomic E-state index is 12.4. The normalized spacial score (nSPS) is 15.9. The summed E-state index contributed by atoms with van der Waals surface area (Å²) in [6, 6.07) is 5.08. The highest BCUT2D eigenvalue weighted by atomic mass is 32.2. The largest absolute Gasteiger partial charge is 0.493 e. The number of aryl methyl sites for hydroxylation is 1. The molecule has 0 bridgehead atoms. The number of ether oxygens (including phenoxy) is 1. The number of nitrogens with two attached hydrogens (primary N) is 1. The van der Waals surface area contributed by atoms with Gasteiger partial charge in [0.2, 0.25) is 0 Å². The van der Waals surface area contributed by atoms with Crippen molar-refractivity contribution in [2.45, 2.75) is 36.3 Å². The van der Waals surface area contributed by atoms with Gasteiger partial charge in [-0.25, -0.2) is 8.42 Å². The molecule has 1 aromatic rings. The van der Waals surface area contributed by atoms with Crippen molar-refractivity contribution in [3.8, 4) is 5.75 Å². The summed E-state index contributed by atoms with van der Waals surface area (Å²) in [4.78, 5) is 0.335. The summed E-state index contributed by atoms with van der Waals surface area (Å²) in [6.45, 7) is 4.10. The molecule has 0 atom stereocenters. The number of fused-ring (bicyclic) bond motifs is 1. The molecule has 2 N–H and O–H groups in total. The number of benzene rings is 1. The third-order valence-corrected chi connectivity index (χ3v) is 5.91. The monoisotopic (exact) mass is 269 g/mol. The molecule has 1 aliphatic heterocycles. The van der Waals surface area contributed by atoms with Crippen molar-refractivity contribution >= 4 is 9.84 Å². The zero-order valence-corrected chi connectivity index (χ0v) is 11.6. The molecule has 0 unspecified atom stereocenters. The fourth-order valence-corrected chi connectivity index (χ4v) is 3.33. The predicted octanol–water partition coefficient (Wildman–Crippen LogP) is 1.52. The Kier molecular flexibility index (Phi) is 3.38. The first-order valence-electron chi connectivity index (χ1n) is 6.09. The van der Waals surface area contributed by atoms with E-state index in [1.807, 2.05) is 0 Å². The maximum absolute atomic E-state index is 12.4. The van der Waals surface area contributed by atoms with Gasteiger partial charge in [0, 0.05) is 6.54 Å². The fraction of sp³-hybridized carbons (Fsp3) is 0.538. The van der Waals surface area contributed by atoms with E-state index in [9.17, 15) is 8.42 Å². The van der Waals surface area contributed by atoms with Gasteiger partial charge in [0.05, 0.1) is 16.2 Å². The molecule has 2 rings (SSSR count). The van der Waals surface area contributed by atoms with Gasteiger partial charge in [-0.05, 0) is 50.5 Å². The minimum atomic E-state index is -3.40. The van der Waals surface area contributed by atoms with E-state index >= 15 is 0 Å². The zero-order valence-electron chi connectivity index (χ0n) is 10.8. The number of hydrogen-bond acceptors (Lipinski definition) is 4. The number of sulfone groups is 1. The first-order valence-corrected chi connectivity index (χ1v) is 7.57. The van der Waals surface area contributed by atoms with E-state index in [4.69, 9.17) is 10.5 Å². The average Bonchev–Trinajstić information content (AvgIpc) is 2.37. The highest BCUT2D eigenvalue weighted by Crippen LogP contribution is 2.31. The van der Waals surface area contributed by atoms with Crippen LogP contribution in [0.5, 0.6) is 5.75 Å². The highest BCUT2D eigenvalue weighted by molar-refractivity contribution is 7.92. The second-order valence-electron chi connectivity index (χ2n) is 5.19. The molecule has 1 aliphatic rings. The lowest BCUT2D eigenvalue weighted by Gasteiger charge is -2.24. The summed E-state index contributed by atoms with van der Waals surface area (Å²) in [6.07, 6.45) is 1.79. The Morgan fingerprint density at radius 1 is 1.39 bits per heavy atom. The van der Waals surface area contributed by atoms with Gasteiger partial charge in [0.25, 0.3) is 0 Å². The zero-order chi connectivity index (χ0) is 13.4. The SMILES string of the molecule is CC(C)(CN)S(=O)(=O)c1ccc2c(c1)CCCO2. The van der Waals surface area contributed by atoms with Gasteiger partial charge < -0.3 is 10.5 Å². The number of hydrogen-bond donors (Lipinski definition) is 1. The van der Waals surface area contributed by atoms with Crippen LogP contribution in [-0.2, 0) is 16.3 Å². The van der Waals surface area contributed by atoms with Crippen molar-refractivity contribution < 1.29 is 13.2 Å². The Bertz CT molecular complexity index is 549. The summed E-state index contributed by atoms with van der Waals surface area (Å²) >= 11 is 0. The van der Waals surface area contributed by atoms with Crippen LogP contribution in [-0.4, -0.2) is 26.3 Å². The molecule has 1 heterocycles. The lowest BCUT2D eigenvalue weighted by molar-refractivity contribution is 0.288. The van der Waals surface area contributed by atoms with Crippen molar-refractivity contribution in [1.82, 2.24) is 0 Å². The minimum Gasteiger partial charge on any atom is -0.493 e. The summed E-state index contributed by atoms with van der Waals surface area (Å²) in [5, 5.41) is 0. The molecule has 0 saturated carbocycles. The first kappa shape index (κ1) is 13.4. The quantitative estimate of drug-likeness (QED) is 0.903. The van der Waals surface area contributed by atoms with Crippen molar-refractivity contribution in [3.05, 3.63) is 23.8 Å². The van der Waals surface area contributed by atoms with Crippen LogP contribution in [0, 0.1) is 0 Å². The molecule has 1 aromatic carbocycles. The van der Waals surface area contributed by atoms with E-state index in [1.165, 1.54) is 0 Å². The molecule has 5 heteroatoms. The molecule has 0 amide bonds. The summed E-state index contributed by atoms with van der Waals surface area (Å²) in [5.74, 6) is 0.797. The molecule has 0 saturated heterocycles. The Labute approximate surface area is 108 Å². The van der Waals surface area contributed by atoms with Gasteiger partial charge in [-0.2, -0.15) is 0 Å². The third kappa shape index (κ3) is 2.12. The minimum absolute atomic E-state index is 0.100. The third-order valence-electron chi connectivity index (χ3n) is 3.41. The van der Waals surface area contributed by atoms with E-state index < -0.39 is 14.6 Å². The predicted molar refractivity (Wildman–Crippen MR) is 70.6 cm³/mol. The van der Waals surface area contributed by atoms with Gasteiger partial charge in [-0.3, -0.25) is 0 Å². The van der Waals surface area contributed by atoms with Crippen LogP contribution in [0.3, 0.4) is 0 Å². The summed E-state index contributed by atoms with van der Waals surface area (Å²) in [5.41, 5.74) is 6.53. The van der Waals surface area contributed by atoms with E-state index in [1.54, 1.807) is 32.0 Å². The van der Waals surface area contributed by atoms with Crippen molar-refractivity contribution in [3.63, 3.8) is 0 Å². The van der Waals surface area contributed by atoms with Crippen LogP contribution in [0.2, 0.25) is 0 Å². The van der Waals surface area contributed by atoms with Crippen LogP contribution in [0.4, 0.5) is 0 Å². The maximum Gasteiger partial charge on any atom is 0.184 e. The smallest absolute Gasteiger partial charge is 0.184 e. The van der Waals surface area contributed by atoms with Crippen LogP contribution in [0.25, 0.3) is 0 Å². The Morgan fingerprint density at radius 3 is 2.78 bits per heavy atom. The standard InChI is InChI=1S/C13H19NO3S/c1-13(2,9-14)18(15,16)11-5-6-12-10(8-11)4-3-7-17-12/h5-6,8H,3-4,7,9,14H2,1-2H3. The Hall–Kier alpha value is -1.07. The second-order valence-corrected chi connectivity index (χ2v) is 7.77. The van der Waals surface area contributed by atoms with E-state index in [-0.39, 0.29) is 6.54 Å². The lowest BCUT2D eigenvalue weighted by Crippen LogP contribution is -2.39. The summed E-state index contributed by atoms with van der Waals surface area (Å²) < 4.78 is 29.4. The molecule has 0 fully saturated rings. The lowest BCUT2D eigenvalue weighted by atomic mass is 10.1. The number of rotatable bonds is 3. The average molecular weight is 269 g/mol. The molecular weight excluding hydrogens is 250 g/mol. The van der Waals surface area contributed by atoms with E-state index in [2.05, 4.69) is 0 Å². The molecule has 0 spiro atoms. The van der Waals surface area contributed by atoms with Crippen LogP contribution in [0.1, 0.15) is 25.8 Å². The summed E-state index contributed by atoms with van der Waals surface area (Å²) in [7, 11) is -3.40. The topological polar surface area (TPSA) is 69.4 Å². The Morgan fingerprint density at radius 2 is 2.11 bits per heavy atom. The van der Waals surface area contributed by atoms with Crippen molar-refractivity contribution in [1.29, 1.82) is 0 Å². The van der Waals surface area contributed by atoms with Crippen molar-refractivity contribution in [2.75, 3.05) is 13.2 Å². The van der Waals surface area contributed by atoms with Gasteiger partial charge in [-0.15, -0.1) is 0 Å². The first-order chi connectivity index (χ1) is 8.38. The van der Waals surface area contributed by atoms with Gasteiger partial charge in [0.1, 0.15) is 5.75 Å². The highest BCUT2D eigenvalue weighted by Gasteiger charge is 2.34. The molecule has 0 aliphatic carbocycles. The fourth-order valence-electron chi connectivity index (χ4n) is 1.93. The molecule has 100 valence electrons. The Balaban J connectivity index is 2.46. The molecule has 4 nitrogen and oxygen atoms in total. The van der Waals surface area contributed by atoms with Crippen LogP contribution < -0.4 is 10.5 Å². The van der Waals surface area contributed by atoms with Crippen LogP contribution in [0.15, 0.2) is 23.1 Å².